The smallest absolute Gasteiger partial charge is 0.335 e. The summed E-state index contributed by atoms with van der Waals surface area (Å²) in [6.45, 7) is 1.74. The van der Waals surface area contributed by atoms with Gasteiger partial charge in [-0.25, -0.2) is 9.59 Å². The summed E-state index contributed by atoms with van der Waals surface area (Å²) >= 11 is 2.14. The molecule has 0 saturated heterocycles. The van der Waals surface area contributed by atoms with Gasteiger partial charge in [0, 0.05) is 9.26 Å². The lowest BCUT2D eigenvalue weighted by Crippen LogP contribution is -2.20. The summed E-state index contributed by atoms with van der Waals surface area (Å²) < 4.78 is 0.934. The normalized spacial score (nSPS) is 10.0. The van der Waals surface area contributed by atoms with Crippen LogP contribution in [0.2, 0.25) is 0 Å². The van der Waals surface area contributed by atoms with E-state index in [9.17, 15) is 9.59 Å². The van der Waals surface area contributed by atoms with E-state index < -0.39 is 5.97 Å². The minimum Gasteiger partial charge on any atom is -0.478 e. The van der Waals surface area contributed by atoms with Crippen LogP contribution in [0.15, 0.2) is 42.5 Å². The number of rotatable bonds is 3. The molecule has 0 fully saturated rings. The molecular weight excluding hydrogens is 383 g/mol. The highest BCUT2D eigenvalue weighted by atomic mass is 127. The van der Waals surface area contributed by atoms with Crippen molar-refractivity contribution in [2.45, 2.75) is 6.92 Å². The Labute approximate surface area is 135 Å². The number of amides is 2. The molecule has 0 aliphatic rings. The summed E-state index contributed by atoms with van der Waals surface area (Å²) in [6, 6.07) is 11.6. The lowest BCUT2D eigenvalue weighted by atomic mass is 10.1. The zero-order valence-electron chi connectivity index (χ0n) is 11.2. The van der Waals surface area contributed by atoms with E-state index in [0.29, 0.717) is 11.3 Å². The average molecular weight is 396 g/mol. The van der Waals surface area contributed by atoms with Crippen molar-refractivity contribution in [3.8, 4) is 0 Å². The molecule has 3 N–H and O–H groups in total. The van der Waals surface area contributed by atoms with E-state index in [0.717, 1.165) is 9.26 Å². The van der Waals surface area contributed by atoms with E-state index in [1.165, 1.54) is 12.1 Å². The van der Waals surface area contributed by atoms with Gasteiger partial charge in [0.25, 0.3) is 0 Å². The van der Waals surface area contributed by atoms with Crippen molar-refractivity contribution in [3.05, 3.63) is 57.2 Å². The van der Waals surface area contributed by atoms with E-state index in [1.807, 2.05) is 24.3 Å². The van der Waals surface area contributed by atoms with Crippen LogP contribution in [0.3, 0.4) is 0 Å². The van der Waals surface area contributed by atoms with Gasteiger partial charge >= 0.3 is 12.0 Å². The first kappa shape index (κ1) is 15.3. The van der Waals surface area contributed by atoms with Crippen LogP contribution in [0.25, 0.3) is 0 Å². The Morgan fingerprint density at radius 2 is 1.71 bits per heavy atom. The Morgan fingerprint density at radius 1 is 1.05 bits per heavy atom. The maximum absolute atomic E-state index is 12.0. The highest BCUT2D eigenvalue weighted by Crippen LogP contribution is 2.19. The maximum Gasteiger partial charge on any atom is 0.335 e. The largest absolute Gasteiger partial charge is 0.478 e. The van der Waals surface area contributed by atoms with Crippen molar-refractivity contribution >= 4 is 46.0 Å². The van der Waals surface area contributed by atoms with Gasteiger partial charge in [-0.15, -0.1) is 0 Å². The fourth-order valence-electron chi connectivity index (χ4n) is 1.78. The molecule has 108 valence electrons. The molecule has 0 radical (unpaired) electrons. The number of carbonyl (C=O) groups is 2. The molecule has 0 saturated carbocycles. The fraction of sp³-hybridized carbons (Fsp3) is 0.0667. The number of anilines is 2. The molecule has 5 nitrogen and oxygen atoms in total. The lowest BCUT2D eigenvalue weighted by Gasteiger charge is -2.11. The van der Waals surface area contributed by atoms with Crippen LogP contribution >= 0.6 is 22.6 Å². The van der Waals surface area contributed by atoms with E-state index in [1.54, 1.807) is 13.0 Å². The van der Waals surface area contributed by atoms with E-state index in [2.05, 4.69) is 33.2 Å². The number of halogens is 1. The zero-order valence-corrected chi connectivity index (χ0v) is 13.3. The summed E-state index contributed by atoms with van der Waals surface area (Å²) in [5, 5.41) is 14.4. The van der Waals surface area contributed by atoms with Crippen molar-refractivity contribution in [1.82, 2.24) is 0 Å². The second-order valence-corrected chi connectivity index (χ2v) is 5.56. The summed E-state index contributed by atoms with van der Waals surface area (Å²) in [7, 11) is 0. The molecule has 0 aliphatic carbocycles. The maximum atomic E-state index is 12.0. The van der Waals surface area contributed by atoms with Gasteiger partial charge in [-0.3, -0.25) is 0 Å². The summed E-state index contributed by atoms with van der Waals surface area (Å²) in [4.78, 5) is 22.8. The first-order valence-corrected chi connectivity index (χ1v) is 7.21. The number of hydrogen-bond acceptors (Lipinski definition) is 2. The van der Waals surface area contributed by atoms with Crippen LogP contribution in [-0.4, -0.2) is 17.1 Å². The van der Waals surface area contributed by atoms with Crippen LogP contribution in [0.1, 0.15) is 15.9 Å². The SMILES string of the molecule is Cc1cc(C(=O)O)ccc1NC(=O)Nc1ccccc1I. The molecule has 21 heavy (non-hydrogen) atoms. The van der Waals surface area contributed by atoms with E-state index in [4.69, 9.17) is 5.11 Å². The number of benzene rings is 2. The molecule has 2 rings (SSSR count). The van der Waals surface area contributed by atoms with Crippen molar-refractivity contribution in [1.29, 1.82) is 0 Å². The number of urea groups is 1. The van der Waals surface area contributed by atoms with Gasteiger partial charge in [0.05, 0.1) is 11.3 Å². The number of hydrogen-bond donors (Lipinski definition) is 3. The fourth-order valence-corrected chi connectivity index (χ4v) is 2.30. The first-order chi connectivity index (χ1) is 9.97. The molecule has 0 aromatic heterocycles. The Bertz CT molecular complexity index is 701. The molecule has 0 spiro atoms. The second-order valence-electron chi connectivity index (χ2n) is 4.39. The average Bonchev–Trinajstić information content (AvgIpc) is 2.43. The topological polar surface area (TPSA) is 78.4 Å². The summed E-state index contributed by atoms with van der Waals surface area (Å²) in [5.41, 5.74) is 2.17. The molecule has 0 heterocycles. The lowest BCUT2D eigenvalue weighted by molar-refractivity contribution is 0.0697. The van der Waals surface area contributed by atoms with Crippen LogP contribution in [0.4, 0.5) is 16.2 Å². The Hall–Kier alpha value is -2.09. The molecule has 0 atom stereocenters. The van der Waals surface area contributed by atoms with Crippen LogP contribution < -0.4 is 10.6 Å². The van der Waals surface area contributed by atoms with Gasteiger partial charge in [-0.2, -0.15) is 0 Å². The summed E-state index contributed by atoms with van der Waals surface area (Å²) in [5.74, 6) is -0.993. The number of nitrogens with one attached hydrogen (secondary N) is 2. The summed E-state index contributed by atoms with van der Waals surface area (Å²) in [6.07, 6.45) is 0. The first-order valence-electron chi connectivity index (χ1n) is 6.14. The van der Waals surface area contributed by atoms with Gasteiger partial charge in [0.1, 0.15) is 0 Å². The number of aromatic carboxylic acids is 1. The number of carboxylic acid groups (broad SMARTS) is 1. The third-order valence-electron chi connectivity index (χ3n) is 2.84. The van der Waals surface area contributed by atoms with Crippen LogP contribution in [-0.2, 0) is 0 Å². The second kappa shape index (κ2) is 6.57. The molecule has 2 aromatic carbocycles. The standard InChI is InChI=1S/C15H13IN2O3/c1-9-8-10(14(19)20)6-7-12(9)17-15(21)18-13-5-3-2-4-11(13)16/h2-8H,1H3,(H,19,20)(H2,17,18,21). The van der Waals surface area contributed by atoms with Crippen LogP contribution in [0.5, 0.6) is 0 Å². The quantitative estimate of drug-likeness (QED) is 0.688. The van der Waals surface area contributed by atoms with Crippen molar-refractivity contribution < 1.29 is 14.7 Å². The monoisotopic (exact) mass is 396 g/mol. The Morgan fingerprint density at radius 3 is 2.33 bits per heavy atom. The van der Waals surface area contributed by atoms with Crippen molar-refractivity contribution in [2.24, 2.45) is 0 Å². The number of aryl methyl sites for hydroxylation is 1. The Balaban J connectivity index is 2.10. The molecular formula is C15H13IN2O3. The number of para-hydroxylation sites is 1. The predicted molar refractivity (Wildman–Crippen MR) is 89.9 cm³/mol. The molecule has 2 aromatic rings. The molecule has 6 heteroatoms. The molecule has 2 amide bonds. The van der Waals surface area contributed by atoms with Gasteiger partial charge in [0.15, 0.2) is 0 Å². The van der Waals surface area contributed by atoms with E-state index >= 15 is 0 Å². The van der Waals surface area contributed by atoms with Gasteiger partial charge < -0.3 is 15.7 Å². The Kier molecular flexibility index (Phi) is 4.79. The molecule has 0 aliphatic heterocycles. The van der Waals surface area contributed by atoms with Crippen molar-refractivity contribution in [3.63, 3.8) is 0 Å². The number of carbonyl (C=O) groups excluding carboxylic acids is 1. The van der Waals surface area contributed by atoms with Gasteiger partial charge in [0.2, 0.25) is 0 Å². The van der Waals surface area contributed by atoms with Crippen LogP contribution in [0, 0.1) is 10.5 Å². The highest BCUT2D eigenvalue weighted by molar-refractivity contribution is 14.1. The van der Waals surface area contributed by atoms with E-state index in [-0.39, 0.29) is 11.6 Å². The minimum atomic E-state index is -0.993. The minimum absolute atomic E-state index is 0.191. The van der Waals surface area contributed by atoms with Gasteiger partial charge in [-0.1, -0.05) is 12.1 Å². The number of carboxylic acids is 1. The van der Waals surface area contributed by atoms with Gasteiger partial charge in [-0.05, 0) is 65.4 Å². The highest BCUT2D eigenvalue weighted by Gasteiger charge is 2.09. The third kappa shape index (κ3) is 3.94. The molecule has 0 unspecified atom stereocenters. The third-order valence-corrected chi connectivity index (χ3v) is 3.78. The zero-order chi connectivity index (χ0) is 15.4. The molecule has 0 bridgehead atoms. The van der Waals surface area contributed by atoms with Crippen molar-refractivity contribution in [2.75, 3.05) is 10.6 Å². The predicted octanol–water partition coefficient (Wildman–Crippen LogP) is 3.94.